The zero-order chi connectivity index (χ0) is 16.1. The average molecular weight is 381 g/mol. The maximum atomic E-state index is 11.9. The van der Waals surface area contributed by atoms with E-state index in [0.717, 1.165) is 10.0 Å². The highest BCUT2D eigenvalue weighted by atomic mass is 79.9. The Labute approximate surface area is 140 Å². The van der Waals surface area contributed by atoms with E-state index in [4.69, 9.17) is 16.7 Å². The van der Waals surface area contributed by atoms with Crippen molar-refractivity contribution in [1.29, 1.82) is 0 Å². The standard InChI is InChI=1S/C16H11BrClNO3/c17-11-4-1-10(2-5-11)3-8-15(20)19-14-7-6-12(18)9-13(14)16(21)22/h1-9H,(H,19,20)(H,21,22)/b8-3+. The monoisotopic (exact) mass is 379 g/mol. The summed E-state index contributed by atoms with van der Waals surface area (Å²) in [5.74, 6) is -1.58. The number of carboxylic acids is 1. The molecule has 0 unspecified atom stereocenters. The van der Waals surface area contributed by atoms with Crippen LogP contribution in [0.4, 0.5) is 5.69 Å². The summed E-state index contributed by atoms with van der Waals surface area (Å²) in [6.45, 7) is 0. The lowest BCUT2D eigenvalue weighted by molar-refractivity contribution is -0.111. The molecule has 0 aromatic heterocycles. The normalized spacial score (nSPS) is 10.6. The van der Waals surface area contributed by atoms with Crippen molar-refractivity contribution in [2.24, 2.45) is 0 Å². The summed E-state index contributed by atoms with van der Waals surface area (Å²) in [5, 5.41) is 11.9. The zero-order valence-corrected chi connectivity index (χ0v) is 13.6. The molecule has 0 heterocycles. The molecule has 0 aliphatic heterocycles. The van der Waals surface area contributed by atoms with Crippen molar-refractivity contribution in [1.82, 2.24) is 0 Å². The highest BCUT2D eigenvalue weighted by molar-refractivity contribution is 9.10. The van der Waals surface area contributed by atoms with Crippen LogP contribution in [-0.2, 0) is 4.79 Å². The molecule has 0 spiro atoms. The van der Waals surface area contributed by atoms with Gasteiger partial charge in [-0.2, -0.15) is 0 Å². The van der Waals surface area contributed by atoms with Gasteiger partial charge in [0.25, 0.3) is 0 Å². The second kappa shape index (κ2) is 7.24. The minimum absolute atomic E-state index is 0.0575. The molecule has 2 rings (SSSR count). The molecule has 112 valence electrons. The number of amides is 1. The van der Waals surface area contributed by atoms with Crippen molar-refractivity contribution >= 4 is 51.2 Å². The molecule has 0 saturated heterocycles. The molecule has 0 radical (unpaired) electrons. The van der Waals surface area contributed by atoms with Crippen LogP contribution in [0.15, 0.2) is 53.0 Å². The van der Waals surface area contributed by atoms with Gasteiger partial charge in [-0.3, -0.25) is 4.79 Å². The van der Waals surface area contributed by atoms with Crippen LogP contribution in [0.5, 0.6) is 0 Å². The van der Waals surface area contributed by atoms with Crippen LogP contribution in [-0.4, -0.2) is 17.0 Å². The summed E-state index contributed by atoms with van der Waals surface area (Å²) in [4.78, 5) is 23.0. The van der Waals surface area contributed by atoms with Crippen LogP contribution in [0.25, 0.3) is 6.08 Å². The van der Waals surface area contributed by atoms with Crippen LogP contribution in [0, 0.1) is 0 Å². The lowest BCUT2D eigenvalue weighted by Gasteiger charge is -2.06. The van der Waals surface area contributed by atoms with E-state index < -0.39 is 11.9 Å². The van der Waals surface area contributed by atoms with Gasteiger partial charge in [0.2, 0.25) is 5.91 Å². The van der Waals surface area contributed by atoms with Gasteiger partial charge in [-0.25, -0.2) is 4.79 Å². The van der Waals surface area contributed by atoms with Crippen molar-refractivity contribution in [2.75, 3.05) is 5.32 Å². The number of carbonyl (C=O) groups is 2. The molecule has 2 aromatic carbocycles. The van der Waals surface area contributed by atoms with Gasteiger partial charge in [0.05, 0.1) is 11.3 Å². The van der Waals surface area contributed by atoms with Crippen molar-refractivity contribution < 1.29 is 14.7 Å². The van der Waals surface area contributed by atoms with Crippen LogP contribution in [0.1, 0.15) is 15.9 Å². The van der Waals surface area contributed by atoms with E-state index in [2.05, 4.69) is 21.2 Å². The van der Waals surface area contributed by atoms with E-state index in [0.29, 0.717) is 5.02 Å². The van der Waals surface area contributed by atoms with Gasteiger partial charge in [-0.05, 0) is 42.0 Å². The third kappa shape index (κ3) is 4.44. The Hall–Kier alpha value is -2.11. The predicted molar refractivity (Wildman–Crippen MR) is 90.2 cm³/mol. The Bertz CT molecular complexity index is 742. The van der Waals surface area contributed by atoms with Crippen molar-refractivity contribution in [3.05, 3.63) is 69.2 Å². The Kier molecular flexibility index (Phi) is 5.35. The molecule has 1 amide bonds. The van der Waals surface area contributed by atoms with E-state index in [1.807, 2.05) is 24.3 Å². The fraction of sp³-hybridized carbons (Fsp3) is 0. The molecule has 6 heteroatoms. The molecule has 22 heavy (non-hydrogen) atoms. The van der Waals surface area contributed by atoms with Crippen molar-refractivity contribution in [2.45, 2.75) is 0 Å². The smallest absolute Gasteiger partial charge is 0.337 e. The first-order valence-corrected chi connectivity index (χ1v) is 7.40. The molecular formula is C16H11BrClNO3. The van der Waals surface area contributed by atoms with E-state index in [9.17, 15) is 9.59 Å². The molecule has 0 aliphatic carbocycles. The second-order valence-electron chi connectivity index (χ2n) is 4.37. The molecule has 2 aromatic rings. The predicted octanol–water partition coefficient (Wildman–Crippen LogP) is 4.45. The number of carboxylic acid groups (broad SMARTS) is 1. The number of nitrogens with one attached hydrogen (secondary N) is 1. The van der Waals surface area contributed by atoms with Crippen LogP contribution >= 0.6 is 27.5 Å². The number of benzene rings is 2. The first-order valence-electron chi connectivity index (χ1n) is 6.23. The maximum Gasteiger partial charge on any atom is 0.337 e. The molecule has 0 aliphatic rings. The Balaban J connectivity index is 2.12. The van der Waals surface area contributed by atoms with Crippen LogP contribution < -0.4 is 5.32 Å². The summed E-state index contributed by atoms with van der Waals surface area (Å²) in [6.07, 6.45) is 2.97. The minimum atomic E-state index is -1.16. The lowest BCUT2D eigenvalue weighted by Crippen LogP contribution is -2.12. The van der Waals surface area contributed by atoms with Crippen molar-refractivity contribution in [3.8, 4) is 0 Å². The summed E-state index contributed by atoms with van der Waals surface area (Å²) in [5.41, 5.74) is 0.994. The van der Waals surface area contributed by atoms with Gasteiger partial charge >= 0.3 is 5.97 Å². The van der Waals surface area contributed by atoms with Gasteiger partial charge in [-0.1, -0.05) is 39.7 Å². The molecule has 0 fully saturated rings. The summed E-state index contributed by atoms with van der Waals surface area (Å²) in [7, 11) is 0. The third-order valence-corrected chi connectivity index (χ3v) is 3.53. The molecule has 0 bridgehead atoms. The molecular weight excluding hydrogens is 370 g/mol. The van der Waals surface area contributed by atoms with E-state index in [1.165, 1.54) is 24.3 Å². The number of rotatable bonds is 4. The number of carbonyl (C=O) groups excluding carboxylic acids is 1. The second-order valence-corrected chi connectivity index (χ2v) is 5.72. The van der Waals surface area contributed by atoms with Crippen LogP contribution in [0.2, 0.25) is 5.02 Å². The Morgan fingerprint density at radius 3 is 2.45 bits per heavy atom. The number of hydrogen-bond donors (Lipinski definition) is 2. The Morgan fingerprint density at radius 2 is 1.82 bits per heavy atom. The fourth-order valence-electron chi connectivity index (χ4n) is 1.72. The largest absolute Gasteiger partial charge is 0.478 e. The van der Waals surface area contributed by atoms with E-state index in [1.54, 1.807) is 6.08 Å². The van der Waals surface area contributed by atoms with E-state index >= 15 is 0 Å². The molecule has 0 atom stereocenters. The van der Waals surface area contributed by atoms with Gasteiger partial charge in [-0.15, -0.1) is 0 Å². The third-order valence-electron chi connectivity index (χ3n) is 2.77. The number of anilines is 1. The zero-order valence-electron chi connectivity index (χ0n) is 11.2. The minimum Gasteiger partial charge on any atom is -0.478 e. The van der Waals surface area contributed by atoms with Gasteiger partial charge in [0.1, 0.15) is 0 Å². The number of halogens is 2. The topological polar surface area (TPSA) is 66.4 Å². The summed E-state index contributed by atoms with van der Waals surface area (Å²) >= 11 is 9.08. The average Bonchev–Trinajstić information content (AvgIpc) is 2.48. The van der Waals surface area contributed by atoms with Crippen LogP contribution in [0.3, 0.4) is 0 Å². The van der Waals surface area contributed by atoms with Gasteiger partial charge < -0.3 is 10.4 Å². The first-order chi connectivity index (χ1) is 10.5. The highest BCUT2D eigenvalue weighted by Gasteiger charge is 2.12. The number of hydrogen-bond acceptors (Lipinski definition) is 2. The molecule has 2 N–H and O–H groups in total. The Morgan fingerprint density at radius 1 is 1.14 bits per heavy atom. The fourth-order valence-corrected chi connectivity index (χ4v) is 2.16. The summed E-state index contributed by atoms with van der Waals surface area (Å²) < 4.78 is 0.946. The quantitative estimate of drug-likeness (QED) is 0.770. The van der Waals surface area contributed by atoms with Gasteiger partial charge in [0, 0.05) is 15.6 Å². The SMILES string of the molecule is O=C(/C=C/c1ccc(Br)cc1)Nc1ccc(Cl)cc1C(=O)O. The summed E-state index contributed by atoms with van der Waals surface area (Å²) in [6, 6.07) is 11.7. The lowest BCUT2D eigenvalue weighted by atomic mass is 10.1. The van der Waals surface area contributed by atoms with Gasteiger partial charge in [0.15, 0.2) is 0 Å². The highest BCUT2D eigenvalue weighted by Crippen LogP contribution is 2.21. The first kappa shape index (κ1) is 16.3. The molecule has 4 nitrogen and oxygen atoms in total. The van der Waals surface area contributed by atoms with E-state index in [-0.39, 0.29) is 11.3 Å². The number of aromatic carboxylic acids is 1. The molecule has 0 saturated carbocycles. The van der Waals surface area contributed by atoms with Crippen molar-refractivity contribution in [3.63, 3.8) is 0 Å². The maximum absolute atomic E-state index is 11.9.